The van der Waals surface area contributed by atoms with E-state index in [4.69, 9.17) is 9.84 Å². The predicted molar refractivity (Wildman–Crippen MR) is 71.8 cm³/mol. The van der Waals surface area contributed by atoms with Crippen LogP contribution in [0.15, 0.2) is 23.3 Å². The second-order valence-corrected chi connectivity index (χ2v) is 5.09. The molecule has 1 aliphatic rings. The standard InChI is InChI=1S/C13H17N3O4/c1-13(6-10(11(17)18)15-8-16(13)2)7-20-12(19)9-4-3-5-14-9/h3-5,8,10,14H,6-7H2,1-2H3,(H,17,18)/t10-,13+/m0/s1. The lowest BCUT2D eigenvalue weighted by Gasteiger charge is -2.41. The van der Waals surface area contributed by atoms with Gasteiger partial charge >= 0.3 is 11.9 Å². The molecule has 1 aromatic rings. The molecular weight excluding hydrogens is 262 g/mol. The van der Waals surface area contributed by atoms with Crippen LogP contribution in [0.3, 0.4) is 0 Å². The molecule has 2 atom stereocenters. The van der Waals surface area contributed by atoms with E-state index in [9.17, 15) is 9.59 Å². The van der Waals surface area contributed by atoms with Gasteiger partial charge in [0.1, 0.15) is 12.3 Å². The fraction of sp³-hybridized carbons (Fsp3) is 0.462. The van der Waals surface area contributed by atoms with E-state index in [1.54, 1.807) is 30.3 Å². The molecule has 1 aliphatic heterocycles. The van der Waals surface area contributed by atoms with E-state index in [2.05, 4.69) is 9.98 Å². The van der Waals surface area contributed by atoms with Crippen molar-refractivity contribution >= 4 is 18.3 Å². The number of esters is 1. The molecule has 0 radical (unpaired) electrons. The summed E-state index contributed by atoms with van der Waals surface area (Å²) < 4.78 is 5.26. The Balaban J connectivity index is 2.01. The highest BCUT2D eigenvalue weighted by molar-refractivity contribution is 5.87. The number of hydrogen-bond acceptors (Lipinski definition) is 5. The molecule has 0 saturated heterocycles. The van der Waals surface area contributed by atoms with Gasteiger partial charge in [-0.1, -0.05) is 0 Å². The number of ether oxygens (including phenoxy) is 1. The smallest absolute Gasteiger partial charge is 0.354 e. The van der Waals surface area contributed by atoms with E-state index >= 15 is 0 Å². The van der Waals surface area contributed by atoms with Crippen LogP contribution in [0.1, 0.15) is 23.8 Å². The first kappa shape index (κ1) is 14.1. The second-order valence-electron chi connectivity index (χ2n) is 5.09. The van der Waals surface area contributed by atoms with E-state index in [1.165, 1.54) is 6.34 Å². The molecule has 108 valence electrons. The van der Waals surface area contributed by atoms with Crippen molar-refractivity contribution in [3.8, 4) is 0 Å². The van der Waals surface area contributed by atoms with Gasteiger partial charge < -0.3 is 19.7 Å². The molecule has 1 aromatic heterocycles. The summed E-state index contributed by atoms with van der Waals surface area (Å²) in [6, 6.07) is 2.52. The summed E-state index contributed by atoms with van der Waals surface area (Å²) >= 11 is 0. The fourth-order valence-electron chi connectivity index (χ4n) is 2.00. The van der Waals surface area contributed by atoms with Crippen LogP contribution in [0.2, 0.25) is 0 Å². The SMILES string of the molecule is CN1C=N[C@H](C(=O)O)C[C@]1(C)COC(=O)c1ccc[nH]1. The minimum atomic E-state index is -0.976. The number of nitrogens with zero attached hydrogens (tertiary/aromatic N) is 2. The Morgan fingerprint density at radius 3 is 3.00 bits per heavy atom. The molecule has 0 saturated carbocycles. The molecule has 2 N–H and O–H groups in total. The van der Waals surface area contributed by atoms with Gasteiger partial charge in [-0.15, -0.1) is 0 Å². The predicted octanol–water partition coefficient (Wildman–Crippen LogP) is 0.747. The van der Waals surface area contributed by atoms with E-state index in [1.807, 2.05) is 6.92 Å². The Hall–Kier alpha value is -2.31. The minimum Gasteiger partial charge on any atom is -0.480 e. The van der Waals surface area contributed by atoms with Crippen LogP contribution in [-0.2, 0) is 9.53 Å². The lowest BCUT2D eigenvalue weighted by molar-refractivity contribution is -0.139. The van der Waals surface area contributed by atoms with Crippen LogP contribution >= 0.6 is 0 Å². The zero-order chi connectivity index (χ0) is 14.8. The van der Waals surface area contributed by atoms with Crippen molar-refractivity contribution in [1.29, 1.82) is 0 Å². The van der Waals surface area contributed by atoms with E-state index in [0.717, 1.165) is 0 Å². The Morgan fingerprint density at radius 1 is 1.65 bits per heavy atom. The Morgan fingerprint density at radius 2 is 2.40 bits per heavy atom. The molecular formula is C13H17N3O4. The lowest BCUT2D eigenvalue weighted by Crippen LogP contribution is -2.53. The van der Waals surface area contributed by atoms with Crippen molar-refractivity contribution in [3.05, 3.63) is 24.0 Å². The largest absolute Gasteiger partial charge is 0.480 e. The Bertz CT molecular complexity index is 526. The van der Waals surface area contributed by atoms with E-state index in [-0.39, 0.29) is 13.0 Å². The third-order valence-corrected chi connectivity index (χ3v) is 3.52. The molecule has 0 fully saturated rings. The number of carbonyl (C=O) groups is 2. The number of carboxylic acid groups (broad SMARTS) is 1. The highest BCUT2D eigenvalue weighted by Gasteiger charge is 2.38. The summed E-state index contributed by atoms with van der Waals surface area (Å²) in [6.07, 6.45) is 3.40. The summed E-state index contributed by atoms with van der Waals surface area (Å²) in [5.74, 6) is -1.43. The number of aromatic nitrogens is 1. The molecule has 0 bridgehead atoms. The topological polar surface area (TPSA) is 95.0 Å². The van der Waals surface area contributed by atoms with Crippen LogP contribution in [0, 0.1) is 0 Å². The van der Waals surface area contributed by atoms with Crippen LogP contribution in [0.25, 0.3) is 0 Å². The van der Waals surface area contributed by atoms with Gasteiger partial charge in [0, 0.05) is 19.7 Å². The first-order chi connectivity index (χ1) is 9.42. The number of rotatable bonds is 4. The van der Waals surface area contributed by atoms with Crippen molar-refractivity contribution in [3.63, 3.8) is 0 Å². The van der Waals surface area contributed by atoms with Crippen LogP contribution in [0.4, 0.5) is 0 Å². The van der Waals surface area contributed by atoms with Gasteiger partial charge in [0.05, 0.1) is 11.9 Å². The molecule has 7 nitrogen and oxygen atoms in total. The molecule has 2 heterocycles. The molecule has 0 unspecified atom stereocenters. The first-order valence-corrected chi connectivity index (χ1v) is 6.22. The maximum atomic E-state index is 11.8. The van der Waals surface area contributed by atoms with Gasteiger partial charge in [-0.25, -0.2) is 9.59 Å². The van der Waals surface area contributed by atoms with E-state index < -0.39 is 23.5 Å². The van der Waals surface area contributed by atoms with Crippen molar-refractivity contribution in [2.45, 2.75) is 24.9 Å². The lowest BCUT2D eigenvalue weighted by atomic mass is 9.91. The van der Waals surface area contributed by atoms with Crippen molar-refractivity contribution in [2.75, 3.05) is 13.7 Å². The number of carboxylic acids is 1. The zero-order valence-corrected chi connectivity index (χ0v) is 11.4. The van der Waals surface area contributed by atoms with Crippen LogP contribution in [-0.4, -0.2) is 58.5 Å². The van der Waals surface area contributed by atoms with Crippen LogP contribution in [0.5, 0.6) is 0 Å². The van der Waals surface area contributed by atoms with Crippen molar-refractivity contribution in [2.24, 2.45) is 4.99 Å². The molecule has 7 heteroatoms. The average molecular weight is 279 g/mol. The van der Waals surface area contributed by atoms with Gasteiger partial charge in [-0.05, 0) is 19.1 Å². The van der Waals surface area contributed by atoms with Gasteiger partial charge in [0.2, 0.25) is 0 Å². The summed E-state index contributed by atoms with van der Waals surface area (Å²) in [5.41, 5.74) is -0.219. The first-order valence-electron chi connectivity index (χ1n) is 6.22. The molecule has 2 rings (SSSR count). The number of carbonyl (C=O) groups excluding carboxylic acids is 1. The number of nitrogens with one attached hydrogen (secondary N) is 1. The van der Waals surface area contributed by atoms with Crippen LogP contribution < -0.4 is 0 Å². The number of H-pyrrole nitrogens is 1. The fourth-order valence-corrected chi connectivity index (χ4v) is 2.00. The van der Waals surface area contributed by atoms with Crippen molar-refractivity contribution < 1.29 is 19.4 Å². The highest BCUT2D eigenvalue weighted by atomic mass is 16.5. The number of aromatic amines is 1. The summed E-state index contributed by atoms with van der Waals surface area (Å²) in [7, 11) is 1.78. The number of hydrogen-bond donors (Lipinski definition) is 2. The van der Waals surface area contributed by atoms with Gasteiger partial charge in [-0.2, -0.15) is 0 Å². The maximum Gasteiger partial charge on any atom is 0.354 e. The second kappa shape index (κ2) is 5.36. The average Bonchev–Trinajstić information content (AvgIpc) is 2.93. The third kappa shape index (κ3) is 2.81. The highest BCUT2D eigenvalue weighted by Crippen LogP contribution is 2.25. The third-order valence-electron chi connectivity index (χ3n) is 3.52. The molecule has 20 heavy (non-hydrogen) atoms. The van der Waals surface area contributed by atoms with Gasteiger partial charge in [0.25, 0.3) is 0 Å². The minimum absolute atomic E-state index is 0.0944. The maximum absolute atomic E-state index is 11.8. The summed E-state index contributed by atoms with van der Waals surface area (Å²) in [6.45, 7) is 1.94. The quantitative estimate of drug-likeness (QED) is 0.793. The Labute approximate surface area is 116 Å². The van der Waals surface area contributed by atoms with E-state index in [0.29, 0.717) is 5.69 Å². The van der Waals surface area contributed by atoms with Crippen molar-refractivity contribution in [1.82, 2.24) is 9.88 Å². The zero-order valence-electron chi connectivity index (χ0n) is 11.4. The molecule has 0 amide bonds. The molecule has 0 spiro atoms. The monoisotopic (exact) mass is 279 g/mol. The normalized spacial score (nSPS) is 25.5. The molecule has 0 aliphatic carbocycles. The summed E-state index contributed by atoms with van der Waals surface area (Å²) in [5, 5.41) is 9.04. The number of aliphatic imine (C=N–C) groups is 1. The Kier molecular flexibility index (Phi) is 3.78. The summed E-state index contributed by atoms with van der Waals surface area (Å²) in [4.78, 5) is 31.3. The van der Waals surface area contributed by atoms with Gasteiger partial charge in [-0.3, -0.25) is 4.99 Å². The number of likely N-dealkylation sites (N-methyl/N-ethyl adjacent to an activating group) is 1. The van der Waals surface area contributed by atoms with Gasteiger partial charge in [0.15, 0.2) is 6.04 Å². The number of aliphatic carboxylic acids is 1. The molecule has 0 aromatic carbocycles.